The molecular weight excluding hydrogens is 335 g/mol. The van der Waals surface area contributed by atoms with E-state index < -0.39 is 6.67 Å². The molecule has 0 aromatic heterocycles. The minimum absolute atomic E-state index is 0.0872. The number of nitrogens with one attached hydrogen (secondary N) is 1. The highest BCUT2D eigenvalue weighted by molar-refractivity contribution is 9.10. The molecule has 3 atom stereocenters. The van der Waals surface area contributed by atoms with E-state index in [-0.39, 0.29) is 23.8 Å². The third-order valence-electron chi connectivity index (χ3n) is 4.67. The number of likely N-dealkylation sites (tertiary alicyclic amines) is 1. The first kappa shape index (κ1) is 15.0. The summed E-state index contributed by atoms with van der Waals surface area (Å²) in [7, 11) is 0. The van der Waals surface area contributed by atoms with Crippen LogP contribution in [-0.2, 0) is 4.79 Å². The zero-order valence-electron chi connectivity index (χ0n) is 11.9. The Morgan fingerprint density at radius 1 is 1.38 bits per heavy atom. The Balaban J connectivity index is 1.81. The average Bonchev–Trinajstić information content (AvgIpc) is 3.16. The molecule has 2 heterocycles. The van der Waals surface area contributed by atoms with Crippen LogP contribution < -0.4 is 5.32 Å². The monoisotopic (exact) mass is 354 g/mol. The molecule has 0 spiro atoms. The summed E-state index contributed by atoms with van der Waals surface area (Å²) in [5.41, 5.74) is 1.16. The largest absolute Gasteiger partial charge is 0.337 e. The van der Waals surface area contributed by atoms with Crippen molar-refractivity contribution in [2.75, 3.05) is 26.3 Å². The van der Waals surface area contributed by atoms with E-state index in [1.54, 1.807) is 4.90 Å². The first-order valence-corrected chi connectivity index (χ1v) is 8.33. The van der Waals surface area contributed by atoms with Crippen LogP contribution in [0.15, 0.2) is 28.7 Å². The van der Waals surface area contributed by atoms with Crippen molar-refractivity contribution in [3.05, 3.63) is 34.3 Å². The van der Waals surface area contributed by atoms with Crippen LogP contribution in [0.2, 0.25) is 0 Å². The summed E-state index contributed by atoms with van der Waals surface area (Å²) in [4.78, 5) is 14.6. The number of halogens is 2. The second-order valence-electron chi connectivity index (χ2n) is 5.87. The Bertz CT molecular complexity index is 525. The Labute approximate surface area is 133 Å². The van der Waals surface area contributed by atoms with Gasteiger partial charge in [0.1, 0.15) is 6.67 Å². The van der Waals surface area contributed by atoms with Crippen molar-refractivity contribution in [3.63, 3.8) is 0 Å². The average molecular weight is 355 g/mol. The molecule has 1 aromatic rings. The quantitative estimate of drug-likeness (QED) is 0.904. The summed E-state index contributed by atoms with van der Waals surface area (Å²) in [6.07, 6.45) is 1.71. The predicted octanol–water partition coefficient (Wildman–Crippen LogP) is 2.71. The first-order valence-electron chi connectivity index (χ1n) is 7.54. The minimum Gasteiger partial charge on any atom is -0.337 e. The summed E-state index contributed by atoms with van der Waals surface area (Å²) in [5, 5.41) is 3.32. The molecule has 114 valence electrons. The van der Waals surface area contributed by atoms with Crippen molar-refractivity contribution in [1.29, 1.82) is 0 Å². The van der Waals surface area contributed by atoms with Crippen LogP contribution in [0.1, 0.15) is 24.3 Å². The molecule has 0 radical (unpaired) electrons. The molecule has 0 saturated carbocycles. The van der Waals surface area contributed by atoms with Gasteiger partial charge < -0.3 is 10.2 Å². The van der Waals surface area contributed by atoms with Gasteiger partial charge in [0.05, 0.1) is 12.0 Å². The molecule has 0 aliphatic carbocycles. The number of benzene rings is 1. The molecule has 21 heavy (non-hydrogen) atoms. The van der Waals surface area contributed by atoms with Gasteiger partial charge in [0.15, 0.2) is 0 Å². The van der Waals surface area contributed by atoms with Crippen LogP contribution in [0.3, 0.4) is 0 Å². The molecule has 2 saturated heterocycles. The maximum Gasteiger partial charge on any atom is 0.227 e. The van der Waals surface area contributed by atoms with E-state index in [4.69, 9.17) is 0 Å². The van der Waals surface area contributed by atoms with Gasteiger partial charge in [-0.2, -0.15) is 0 Å². The van der Waals surface area contributed by atoms with Crippen molar-refractivity contribution < 1.29 is 9.18 Å². The van der Waals surface area contributed by atoms with Gasteiger partial charge in [-0.3, -0.25) is 4.79 Å². The van der Waals surface area contributed by atoms with E-state index in [9.17, 15) is 9.18 Å². The van der Waals surface area contributed by atoms with E-state index in [2.05, 4.69) is 27.3 Å². The minimum atomic E-state index is -0.425. The van der Waals surface area contributed by atoms with Gasteiger partial charge in [-0.1, -0.05) is 34.1 Å². The Kier molecular flexibility index (Phi) is 4.60. The van der Waals surface area contributed by atoms with E-state index in [1.165, 1.54) is 0 Å². The molecule has 0 unspecified atom stereocenters. The third kappa shape index (κ3) is 2.86. The number of hydrogen-bond acceptors (Lipinski definition) is 2. The standard InChI is InChI=1S/C16H20BrFN2O/c17-15-6-2-1-5-12(15)13-9-19-10-14(13)16(21)20-7-3-4-11(20)8-18/h1-2,5-6,11,13-14,19H,3-4,7-10H2/t11-,13+,14-/m1/s1. The lowest BCUT2D eigenvalue weighted by atomic mass is 9.88. The maximum absolute atomic E-state index is 13.1. The summed E-state index contributed by atoms with van der Waals surface area (Å²) >= 11 is 3.58. The summed E-state index contributed by atoms with van der Waals surface area (Å²) in [6.45, 7) is 1.76. The van der Waals surface area contributed by atoms with Gasteiger partial charge in [-0.15, -0.1) is 0 Å². The van der Waals surface area contributed by atoms with Gasteiger partial charge in [0, 0.05) is 30.0 Å². The highest BCUT2D eigenvalue weighted by Gasteiger charge is 2.40. The van der Waals surface area contributed by atoms with E-state index >= 15 is 0 Å². The Morgan fingerprint density at radius 3 is 2.95 bits per heavy atom. The van der Waals surface area contributed by atoms with Crippen molar-refractivity contribution in [2.45, 2.75) is 24.8 Å². The van der Waals surface area contributed by atoms with Gasteiger partial charge in [-0.05, 0) is 24.5 Å². The highest BCUT2D eigenvalue weighted by atomic mass is 79.9. The van der Waals surface area contributed by atoms with Crippen molar-refractivity contribution >= 4 is 21.8 Å². The van der Waals surface area contributed by atoms with Gasteiger partial charge in [0.2, 0.25) is 5.91 Å². The summed E-state index contributed by atoms with van der Waals surface area (Å²) in [6, 6.07) is 7.85. The molecule has 2 aliphatic heterocycles. The topological polar surface area (TPSA) is 32.3 Å². The lowest BCUT2D eigenvalue weighted by Gasteiger charge is -2.28. The molecule has 1 N–H and O–H groups in total. The number of rotatable bonds is 3. The number of alkyl halides is 1. The van der Waals surface area contributed by atoms with Crippen molar-refractivity contribution in [1.82, 2.24) is 10.2 Å². The molecule has 2 aliphatic rings. The van der Waals surface area contributed by atoms with Gasteiger partial charge in [0.25, 0.3) is 0 Å². The third-order valence-corrected chi connectivity index (χ3v) is 5.40. The fourth-order valence-electron chi connectivity index (χ4n) is 3.54. The number of amides is 1. The second-order valence-corrected chi connectivity index (χ2v) is 6.73. The molecule has 1 amide bonds. The lowest BCUT2D eigenvalue weighted by molar-refractivity contribution is -0.136. The van der Waals surface area contributed by atoms with Crippen LogP contribution >= 0.6 is 15.9 Å². The Morgan fingerprint density at radius 2 is 2.19 bits per heavy atom. The molecule has 5 heteroatoms. The van der Waals surface area contributed by atoms with Crippen LogP contribution in [-0.4, -0.2) is 43.2 Å². The van der Waals surface area contributed by atoms with Crippen LogP contribution in [0.4, 0.5) is 4.39 Å². The smallest absolute Gasteiger partial charge is 0.227 e. The normalized spacial score (nSPS) is 29.0. The summed E-state index contributed by atoms with van der Waals surface area (Å²) < 4.78 is 14.1. The zero-order chi connectivity index (χ0) is 14.8. The van der Waals surface area contributed by atoms with E-state index in [1.807, 2.05) is 18.2 Å². The first-order chi connectivity index (χ1) is 10.2. The van der Waals surface area contributed by atoms with Crippen LogP contribution in [0, 0.1) is 5.92 Å². The van der Waals surface area contributed by atoms with E-state index in [0.717, 1.165) is 29.4 Å². The second kappa shape index (κ2) is 6.44. The van der Waals surface area contributed by atoms with Gasteiger partial charge >= 0.3 is 0 Å². The Hall–Kier alpha value is -0.940. The SMILES string of the molecule is O=C([C@@H]1CNC[C@H]1c1ccccc1Br)N1CCC[C@@H]1CF. The zero-order valence-corrected chi connectivity index (χ0v) is 13.5. The number of hydrogen-bond donors (Lipinski definition) is 1. The van der Waals surface area contributed by atoms with Crippen molar-refractivity contribution in [2.24, 2.45) is 5.92 Å². The summed E-state index contributed by atoms with van der Waals surface area (Å²) in [5.74, 6) is 0.186. The molecule has 3 nitrogen and oxygen atoms in total. The van der Waals surface area contributed by atoms with Crippen LogP contribution in [0.5, 0.6) is 0 Å². The molecule has 0 bridgehead atoms. The number of carbonyl (C=O) groups is 1. The highest BCUT2D eigenvalue weighted by Crippen LogP contribution is 2.35. The van der Waals surface area contributed by atoms with Crippen molar-refractivity contribution in [3.8, 4) is 0 Å². The molecular formula is C16H20BrFN2O. The van der Waals surface area contributed by atoms with Gasteiger partial charge in [-0.25, -0.2) is 4.39 Å². The number of nitrogens with zero attached hydrogens (tertiary/aromatic N) is 1. The van der Waals surface area contributed by atoms with E-state index in [0.29, 0.717) is 13.1 Å². The molecule has 2 fully saturated rings. The fourth-order valence-corrected chi connectivity index (χ4v) is 4.12. The fraction of sp³-hybridized carbons (Fsp3) is 0.562. The molecule has 3 rings (SSSR count). The predicted molar refractivity (Wildman–Crippen MR) is 84.0 cm³/mol. The number of carbonyl (C=O) groups excluding carboxylic acids is 1. The molecule has 1 aromatic carbocycles. The maximum atomic E-state index is 13.1. The van der Waals surface area contributed by atoms with Crippen LogP contribution in [0.25, 0.3) is 0 Å². The lowest BCUT2D eigenvalue weighted by Crippen LogP contribution is -2.42.